The standard InChI is InChI=1S/C13H14ClN3O3.C13H14IN3O3/c2*1-3-19-13(18)10-7-16-17(2)11(10)8-20-12-5-4-9(14)6-15-12/h2*4-7H,3,8H2,1-2H3. The van der Waals surface area contributed by atoms with E-state index in [-0.39, 0.29) is 13.2 Å². The quantitative estimate of drug-likeness (QED) is 0.175. The number of hydrogen-bond acceptors (Lipinski definition) is 10. The molecule has 4 aromatic heterocycles. The predicted molar refractivity (Wildman–Crippen MR) is 153 cm³/mol. The fraction of sp³-hybridized carbons (Fsp3) is 0.308. The van der Waals surface area contributed by atoms with Crippen molar-refractivity contribution in [3.8, 4) is 11.8 Å². The monoisotopic (exact) mass is 682 g/mol. The van der Waals surface area contributed by atoms with E-state index in [0.717, 1.165) is 3.57 Å². The molecule has 0 spiro atoms. The van der Waals surface area contributed by atoms with Crippen molar-refractivity contribution in [3.05, 3.63) is 80.2 Å². The minimum absolute atomic E-state index is 0.166. The molecule has 0 amide bonds. The van der Waals surface area contributed by atoms with Gasteiger partial charge in [0.05, 0.1) is 42.0 Å². The highest BCUT2D eigenvalue weighted by Gasteiger charge is 2.19. The molecule has 0 N–H and O–H groups in total. The Labute approximate surface area is 249 Å². The molecule has 212 valence electrons. The third-order valence-electron chi connectivity index (χ3n) is 5.23. The van der Waals surface area contributed by atoms with E-state index in [2.05, 4.69) is 42.8 Å². The van der Waals surface area contributed by atoms with E-state index < -0.39 is 11.9 Å². The highest BCUT2D eigenvalue weighted by atomic mass is 127. The molecule has 0 atom stereocenters. The number of esters is 2. The van der Waals surface area contributed by atoms with Crippen molar-refractivity contribution >= 4 is 46.1 Å². The van der Waals surface area contributed by atoms with Crippen molar-refractivity contribution in [1.29, 1.82) is 0 Å². The summed E-state index contributed by atoms with van der Waals surface area (Å²) < 4.78 is 25.2. The zero-order valence-corrected chi connectivity index (χ0v) is 25.2. The van der Waals surface area contributed by atoms with Crippen LogP contribution in [-0.2, 0) is 36.8 Å². The number of carbonyl (C=O) groups is 2. The highest BCUT2D eigenvalue weighted by Crippen LogP contribution is 2.16. The van der Waals surface area contributed by atoms with Crippen molar-refractivity contribution in [2.75, 3.05) is 13.2 Å². The van der Waals surface area contributed by atoms with E-state index in [9.17, 15) is 9.59 Å². The number of ether oxygens (including phenoxy) is 4. The van der Waals surface area contributed by atoms with Crippen molar-refractivity contribution in [2.24, 2.45) is 14.1 Å². The van der Waals surface area contributed by atoms with Crippen LogP contribution in [0.25, 0.3) is 0 Å². The van der Waals surface area contributed by atoms with Gasteiger partial charge < -0.3 is 18.9 Å². The molecule has 0 radical (unpaired) electrons. The number of hydrogen-bond donors (Lipinski definition) is 0. The third kappa shape index (κ3) is 8.64. The second-order valence-corrected chi connectivity index (χ2v) is 9.59. The average Bonchev–Trinajstić information content (AvgIpc) is 3.50. The molecule has 4 aromatic rings. The van der Waals surface area contributed by atoms with Gasteiger partial charge in [-0.25, -0.2) is 19.6 Å². The van der Waals surface area contributed by atoms with Crippen LogP contribution in [0.15, 0.2) is 49.1 Å². The lowest BCUT2D eigenvalue weighted by Crippen LogP contribution is -2.11. The first-order valence-electron chi connectivity index (χ1n) is 12.1. The Bertz CT molecular complexity index is 1300. The predicted octanol–water partition coefficient (Wildman–Crippen LogP) is 4.40. The minimum atomic E-state index is -0.414. The molecule has 4 rings (SSSR count). The van der Waals surface area contributed by atoms with E-state index in [1.54, 1.807) is 61.7 Å². The van der Waals surface area contributed by atoms with Gasteiger partial charge in [-0.15, -0.1) is 0 Å². The molecule has 0 aliphatic carbocycles. The molecule has 4 heterocycles. The largest absolute Gasteiger partial charge is 0.471 e. The van der Waals surface area contributed by atoms with Gasteiger partial charge in [-0.1, -0.05) is 11.6 Å². The van der Waals surface area contributed by atoms with E-state index in [1.807, 2.05) is 6.07 Å². The van der Waals surface area contributed by atoms with E-state index >= 15 is 0 Å². The second-order valence-electron chi connectivity index (χ2n) is 7.90. The Balaban J connectivity index is 0.000000220. The van der Waals surface area contributed by atoms with Gasteiger partial charge in [-0.2, -0.15) is 10.2 Å². The summed E-state index contributed by atoms with van der Waals surface area (Å²) in [6, 6.07) is 7.02. The SMILES string of the molecule is CCOC(=O)c1cnn(C)c1COc1ccc(Cl)cn1.CCOC(=O)c1cnn(C)c1COc1ccc(I)cn1. The Hall–Kier alpha value is -3.72. The maximum Gasteiger partial charge on any atom is 0.341 e. The molecule has 0 bridgehead atoms. The molecule has 0 saturated carbocycles. The summed E-state index contributed by atoms with van der Waals surface area (Å²) in [5, 5.41) is 8.63. The fourth-order valence-corrected chi connectivity index (χ4v) is 3.64. The third-order valence-corrected chi connectivity index (χ3v) is 6.09. The normalized spacial score (nSPS) is 10.3. The summed E-state index contributed by atoms with van der Waals surface area (Å²) in [5.41, 5.74) is 2.09. The summed E-state index contributed by atoms with van der Waals surface area (Å²) >= 11 is 7.92. The van der Waals surface area contributed by atoms with Gasteiger partial charge in [0.15, 0.2) is 0 Å². The lowest BCUT2D eigenvalue weighted by molar-refractivity contribution is 0.0513. The summed E-state index contributed by atoms with van der Waals surface area (Å²) in [6.45, 7) is 4.53. The topological polar surface area (TPSA) is 132 Å². The van der Waals surface area contributed by atoms with Gasteiger partial charge in [0.1, 0.15) is 24.3 Å². The van der Waals surface area contributed by atoms with Gasteiger partial charge >= 0.3 is 11.9 Å². The summed E-state index contributed by atoms with van der Waals surface area (Å²) in [7, 11) is 3.49. The second kappa shape index (κ2) is 15.2. The number of nitrogens with zero attached hydrogens (tertiary/aromatic N) is 6. The van der Waals surface area contributed by atoms with Gasteiger partial charge in [-0.05, 0) is 48.6 Å². The van der Waals surface area contributed by atoms with Crippen molar-refractivity contribution in [3.63, 3.8) is 0 Å². The summed E-state index contributed by atoms with van der Waals surface area (Å²) in [4.78, 5) is 31.7. The van der Waals surface area contributed by atoms with Crippen molar-refractivity contribution in [2.45, 2.75) is 27.1 Å². The van der Waals surface area contributed by atoms with Gasteiger partial charge in [0, 0.05) is 42.2 Å². The first-order valence-corrected chi connectivity index (χ1v) is 13.5. The molecule has 0 fully saturated rings. The van der Waals surface area contributed by atoms with E-state index in [4.69, 9.17) is 30.5 Å². The molecule has 40 heavy (non-hydrogen) atoms. The van der Waals surface area contributed by atoms with Crippen LogP contribution in [0.2, 0.25) is 5.02 Å². The average molecular weight is 683 g/mol. The van der Waals surface area contributed by atoms with Crippen LogP contribution in [0.5, 0.6) is 11.8 Å². The molecule has 14 heteroatoms. The number of aromatic nitrogens is 6. The number of halogens is 2. The Morgan fingerprint density at radius 3 is 1.65 bits per heavy atom. The molecule has 12 nitrogen and oxygen atoms in total. The molecular weight excluding hydrogens is 655 g/mol. The maximum absolute atomic E-state index is 11.8. The zero-order valence-electron chi connectivity index (χ0n) is 22.3. The van der Waals surface area contributed by atoms with Crippen LogP contribution < -0.4 is 9.47 Å². The number of pyridine rings is 2. The van der Waals surface area contributed by atoms with Crippen LogP contribution in [0.3, 0.4) is 0 Å². The molecule has 0 aliphatic rings. The number of carbonyl (C=O) groups excluding carboxylic acids is 2. The van der Waals surface area contributed by atoms with Crippen LogP contribution >= 0.6 is 34.2 Å². The summed E-state index contributed by atoms with van der Waals surface area (Å²) in [5.74, 6) is 0.116. The highest BCUT2D eigenvalue weighted by molar-refractivity contribution is 14.1. The first-order chi connectivity index (χ1) is 19.2. The van der Waals surface area contributed by atoms with Gasteiger partial charge in [-0.3, -0.25) is 9.36 Å². The van der Waals surface area contributed by atoms with Crippen LogP contribution in [0, 0.1) is 3.57 Å². The molecule has 0 saturated heterocycles. The van der Waals surface area contributed by atoms with Crippen LogP contribution in [0.4, 0.5) is 0 Å². The first kappa shape index (κ1) is 30.8. The summed E-state index contributed by atoms with van der Waals surface area (Å²) in [6.07, 6.45) is 6.15. The molecule has 0 unspecified atom stereocenters. The lowest BCUT2D eigenvalue weighted by Gasteiger charge is -2.08. The molecule has 0 aliphatic heterocycles. The van der Waals surface area contributed by atoms with Crippen LogP contribution in [-0.4, -0.2) is 54.7 Å². The van der Waals surface area contributed by atoms with E-state index in [0.29, 0.717) is 52.5 Å². The Morgan fingerprint density at radius 2 is 1.25 bits per heavy atom. The van der Waals surface area contributed by atoms with E-state index in [1.165, 1.54) is 18.6 Å². The zero-order chi connectivity index (χ0) is 29.1. The Kier molecular flexibility index (Phi) is 11.7. The van der Waals surface area contributed by atoms with Gasteiger partial charge in [0.25, 0.3) is 0 Å². The maximum atomic E-state index is 11.8. The number of rotatable bonds is 10. The van der Waals surface area contributed by atoms with Crippen LogP contribution in [0.1, 0.15) is 46.0 Å². The van der Waals surface area contributed by atoms with Crippen molar-refractivity contribution < 1.29 is 28.5 Å². The fourth-order valence-electron chi connectivity index (χ4n) is 3.21. The minimum Gasteiger partial charge on any atom is -0.471 e. The van der Waals surface area contributed by atoms with Gasteiger partial charge in [0.2, 0.25) is 11.8 Å². The molecular formula is C26H28ClIN6O6. The lowest BCUT2D eigenvalue weighted by atomic mass is 10.2. The Morgan fingerprint density at radius 1 is 0.775 bits per heavy atom. The number of aryl methyl sites for hydroxylation is 2. The molecule has 0 aromatic carbocycles. The smallest absolute Gasteiger partial charge is 0.341 e. The van der Waals surface area contributed by atoms with Crippen molar-refractivity contribution in [1.82, 2.24) is 29.5 Å².